The van der Waals surface area contributed by atoms with E-state index < -0.39 is 29.6 Å². The highest BCUT2D eigenvalue weighted by Gasteiger charge is 2.48. The highest BCUT2D eigenvalue weighted by atomic mass is 16.7. The second-order valence-corrected chi connectivity index (χ2v) is 9.94. The van der Waals surface area contributed by atoms with Crippen molar-refractivity contribution in [1.82, 2.24) is 25.7 Å². The SMILES string of the molecule is CCCCON1C(=O)N2CC1CC[C@H]2C(=O)NNC(=O)[C@@H]1CCCN(C(=O)OC(C)(C)C)C1. The second kappa shape index (κ2) is 10.6. The smallest absolute Gasteiger partial charge is 0.410 e. The largest absolute Gasteiger partial charge is 0.444 e. The molecule has 33 heavy (non-hydrogen) atoms. The predicted octanol–water partition coefficient (Wildman–Crippen LogP) is 1.78. The molecule has 1 unspecified atom stereocenters. The van der Waals surface area contributed by atoms with E-state index in [1.807, 2.05) is 6.92 Å². The number of urea groups is 1. The topological polar surface area (TPSA) is 121 Å². The zero-order chi connectivity index (χ0) is 24.2. The standard InChI is InChI=1S/C22H37N5O6/c1-5-6-12-32-27-16-9-10-17(26(14-16)20(27)30)19(29)24-23-18(28)15-8-7-11-25(13-15)21(31)33-22(2,3)4/h15-17H,5-14H2,1-4H3,(H,23,28)(H,24,29)/t15-,16?,17+/m1/s1. The van der Waals surface area contributed by atoms with Crippen LogP contribution in [0.4, 0.5) is 9.59 Å². The number of hydrogen-bond donors (Lipinski definition) is 2. The molecule has 3 atom stereocenters. The van der Waals surface area contributed by atoms with E-state index in [0.717, 1.165) is 12.8 Å². The van der Waals surface area contributed by atoms with E-state index in [4.69, 9.17) is 9.57 Å². The Kier molecular flexibility index (Phi) is 8.04. The minimum absolute atomic E-state index is 0.0472. The van der Waals surface area contributed by atoms with E-state index in [-0.39, 0.29) is 24.5 Å². The first-order valence-corrected chi connectivity index (χ1v) is 11.9. The van der Waals surface area contributed by atoms with Gasteiger partial charge in [-0.15, -0.1) is 0 Å². The fraction of sp³-hybridized carbons (Fsp3) is 0.818. The normalized spacial score (nSPS) is 25.2. The summed E-state index contributed by atoms with van der Waals surface area (Å²) in [6.45, 7) is 9.11. The molecule has 11 nitrogen and oxygen atoms in total. The Labute approximate surface area is 195 Å². The van der Waals surface area contributed by atoms with Gasteiger partial charge in [-0.25, -0.2) is 9.59 Å². The third-order valence-corrected chi connectivity index (χ3v) is 6.11. The number of amides is 5. The first-order valence-electron chi connectivity index (χ1n) is 11.9. The van der Waals surface area contributed by atoms with Crippen LogP contribution in [0.3, 0.4) is 0 Å². The number of rotatable bonds is 6. The molecule has 3 aliphatic heterocycles. The number of ether oxygens (including phenoxy) is 1. The van der Waals surface area contributed by atoms with Crippen LogP contribution in [0.5, 0.6) is 0 Å². The van der Waals surface area contributed by atoms with Crippen molar-refractivity contribution < 1.29 is 28.8 Å². The first-order chi connectivity index (χ1) is 15.6. The average Bonchev–Trinajstić information content (AvgIpc) is 3.01. The molecule has 5 amide bonds. The van der Waals surface area contributed by atoms with E-state index in [1.165, 1.54) is 14.9 Å². The Morgan fingerprint density at radius 2 is 1.79 bits per heavy atom. The Bertz CT molecular complexity index is 754. The monoisotopic (exact) mass is 467 g/mol. The van der Waals surface area contributed by atoms with Gasteiger partial charge in [-0.3, -0.25) is 25.3 Å². The molecule has 3 rings (SSSR count). The van der Waals surface area contributed by atoms with E-state index in [9.17, 15) is 19.2 Å². The number of likely N-dealkylation sites (tertiary alicyclic amines) is 1. The molecule has 0 aromatic rings. The molecule has 0 aliphatic carbocycles. The van der Waals surface area contributed by atoms with Gasteiger partial charge in [0.2, 0.25) is 5.91 Å². The zero-order valence-corrected chi connectivity index (χ0v) is 20.1. The van der Waals surface area contributed by atoms with Gasteiger partial charge in [0.15, 0.2) is 0 Å². The molecule has 186 valence electrons. The van der Waals surface area contributed by atoms with Gasteiger partial charge in [-0.1, -0.05) is 13.3 Å². The number of hydroxylamine groups is 2. The lowest BCUT2D eigenvalue weighted by Gasteiger charge is -2.33. The van der Waals surface area contributed by atoms with E-state index in [2.05, 4.69) is 10.9 Å². The van der Waals surface area contributed by atoms with Crippen molar-refractivity contribution in [3.8, 4) is 0 Å². The van der Waals surface area contributed by atoms with Crippen LogP contribution in [0.25, 0.3) is 0 Å². The lowest BCUT2D eigenvalue weighted by Crippen LogP contribution is -2.56. The van der Waals surface area contributed by atoms with Gasteiger partial charge in [-0.05, 0) is 52.9 Å². The Morgan fingerprint density at radius 1 is 1.06 bits per heavy atom. The van der Waals surface area contributed by atoms with Gasteiger partial charge >= 0.3 is 12.1 Å². The van der Waals surface area contributed by atoms with Gasteiger partial charge in [0.05, 0.1) is 18.6 Å². The maximum absolute atomic E-state index is 12.8. The number of carbonyl (C=O) groups excluding carboxylic acids is 4. The molecule has 3 aliphatic rings. The summed E-state index contributed by atoms with van der Waals surface area (Å²) in [7, 11) is 0. The third kappa shape index (κ3) is 6.27. The summed E-state index contributed by atoms with van der Waals surface area (Å²) in [6.07, 6.45) is 3.83. The highest BCUT2D eigenvalue weighted by molar-refractivity contribution is 5.90. The fourth-order valence-electron chi connectivity index (χ4n) is 4.37. The van der Waals surface area contributed by atoms with E-state index in [0.29, 0.717) is 45.4 Å². The first kappa shape index (κ1) is 25.1. The Morgan fingerprint density at radius 3 is 2.48 bits per heavy atom. The minimum atomic E-state index is -0.654. The molecule has 0 aromatic carbocycles. The summed E-state index contributed by atoms with van der Waals surface area (Å²) in [5.41, 5.74) is 4.35. The summed E-state index contributed by atoms with van der Waals surface area (Å²) in [5, 5.41) is 1.40. The molecule has 0 aromatic heterocycles. The summed E-state index contributed by atoms with van der Waals surface area (Å²) in [4.78, 5) is 59.1. The zero-order valence-electron chi connectivity index (χ0n) is 20.1. The predicted molar refractivity (Wildman–Crippen MR) is 118 cm³/mol. The van der Waals surface area contributed by atoms with Gasteiger partial charge < -0.3 is 14.5 Å². The van der Waals surface area contributed by atoms with Crippen LogP contribution in [0, 0.1) is 5.92 Å². The number of hydrogen-bond acceptors (Lipinski definition) is 6. The highest BCUT2D eigenvalue weighted by Crippen LogP contribution is 2.30. The molecule has 2 N–H and O–H groups in total. The number of hydrazine groups is 1. The molecule has 3 fully saturated rings. The van der Waals surface area contributed by atoms with Crippen LogP contribution in [0.15, 0.2) is 0 Å². The maximum atomic E-state index is 12.8. The number of unbranched alkanes of at least 4 members (excludes halogenated alkanes) is 1. The lowest BCUT2D eigenvalue weighted by atomic mass is 9.97. The van der Waals surface area contributed by atoms with Crippen LogP contribution in [-0.4, -0.2) is 82.7 Å². The number of piperidine rings is 2. The van der Waals surface area contributed by atoms with Gasteiger partial charge in [0.25, 0.3) is 5.91 Å². The Hall–Kier alpha value is -2.56. The number of nitrogens with one attached hydrogen (secondary N) is 2. The number of carbonyl (C=O) groups is 4. The van der Waals surface area contributed by atoms with Crippen molar-refractivity contribution in [2.45, 2.75) is 83.9 Å². The maximum Gasteiger partial charge on any atom is 0.410 e. The molecule has 3 heterocycles. The molecule has 0 radical (unpaired) electrons. The average molecular weight is 468 g/mol. The molecular formula is C22H37N5O6. The number of nitrogens with zero attached hydrogens (tertiary/aromatic N) is 3. The van der Waals surface area contributed by atoms with Crippen molar-refractivity contribution in [3.63, 3.8) is 0 Å². The lowest BCUT2D eigenvalue weighted by molar-refractivity contribution is -0.134. The van der Waals surface area contributed by atoms with Crippen molar-refractivity contribution >= 4 is 23.9 Å². The number of fused-ring (bicyclic) bond motifs is 2. The summed E-state index contributed by atoms with van der Waals surface area (Å²) in [6, 6.07) is -1.01. The molecular weight excluding hydrogens is 430 g/mol. The molecule has 3 saturated heterocycles. The quantitative estimate of drug-likeness (QED) is 0.454. The van der Waals surface area contributed by atoms with Crippen LogP contribution >= 0.6 is 0 Å². The van der Waals surface area contributed by atoms with Crippen molar-refractivity contribution in [2.24, 2.45) is 5.92 Å². The minimum Gasteiger partial charge on any atom is -0.444 e. The van der Waals surface area contributed by atoms with Gasteiger partial charge in [0, 0.05) is 19.6 Å². The van der Waals surface area contributed by atoms with E-state index in [1.54, 1.807) is 20.8 Å². The summed E-state index contributed by atoms with van der Waals surface area (Å²) < 4.78 is 5.39. The van der Waals surface area contributed by atoms with Crippen molar-refractivity contribution in [3.05, 3.63) is 0 Å². The van der Waals surface area contributed by atoms with Crippen LogP contribution < -0.4 is 10.9 Å². The third-order valence-electron chi connectivity index (χ3n) is 6.11. The van der Waals surface area contributed by atoms with Crippen molar-refractivity contribution in [1.29, 1.82) is 0 Å². The fourth-order valence-corrected chi connectivity index (χ4v) is 4.37. The summed E-state index contributed by atoms with van der Waals surface area (Å²) >= 11 is 0. The van der Waals surface area contributed by atoms with Crippen LogP contribution in [0.2, 0.25) is 0 Å². The molecule has 11 heteroatoms. The van der Waals surface area contributed by atoms with Gasteiger partial charge in [0.1, 0.15) is 11.6 Å². The van der Waals surface area contributed by atoms with Crippen LogP contribution in [0.1, 0.15) is 66.2 Å². The van der Waals surface area contributed by atoms with Crippen molar-refractivity contribution in [2.75, 3.05) is 26.2 Å². The molecule has 0 saturated carbocycles. The van der Waals surface area contributed by atoms with Gasteiger partial charge in [-0.2, -0.15) is 5.06 Å². The van der Waals surface area contributed by atoms with E-state index >= 15 is 0 Å². The Balaban J connectivity index is 1.48. The molecule has 2 bridgehead atoms. The summed E-state index contributed by atoms with van der Waals surface area (Å²) in [5.74, 6) is -1.23. The molecule has 0 spiro atoms. The van der Waals surface area contributed by atoms with Crippen LogP contribution in [-0.2, 0) is 19.2 Å². The second-order valence-electron chi connectivity index (χ2n) is 9.94.